The highest BCUT2D eigenvalue weighted by atomic mass is 79.9. The number of rotatable bonds is 2. The summed E-state index contributed by atoms with van der Waals surface area (Å²) in [7, 11) is 0. The molecule has 2 aliphatic heterocycles. The van der Waals surface area contributed by atoms with Gasteiger partial charge >= 0.3 is 0 Å². The first-order valence-electron chi connectivity index (χ1n) is 7.35. The molecule has 2 saturated heterocycles. The third-order valence-corrected chi connectivity index (χ3v) is 5.17. The molecule has 6 heteroatoms. The third kappa shape index (κ3) is 2.46. The highest BCUT2D eigenvalue weighted by molar-refractivity contribution is 9.10. The molecule has 2 aromatic rings. The summed E-state index contributed by atoms with van der Waals surface area (Å²) in [5, 5.41) is 3.14. The number of amides is 1. The zero-order chi connectivity index (χ0) is 14.4. The molecule has 4 rings (SSSR count). The smallest absolute Gasteiger partial charge is 0.271 e. The van der Waals surface area contributed by atoms with Crippen LogP contribution in [0.15, 0.2) is 29.1 Å². The first kappa shape index (κ1) is 13.3. The number of nitrogens with one attached hydrogen (secondary N) is 1. The van der Waals surface area contributed by atoms with Gasteiger partial charge in [0.05, 0.1) is 16.3 Å². The van der Waals surface area contributed by atoms with E-state index in [1.165, 1.54) is 19.5 Å². The summed E-state index contributed by atoms with van der Waals surface area (Å²) in [5.41, 5.74) is 1.44. The fourth-order valence-corrected chi connectivity index (χ4v) is 3.95. The number of carbonyl (C=O) groups excluding carboxylic acids is 1. The average molecular weight is 349 g/mol. The molecule has 0 aromatic carbocycles. The molecule has 2 unspecified atom stereocenters. The van der Waals surface area contributed by atoms with Crippen LogP contribution in [0.5, 0.6) is 0 Å². The fourth-order valence-electron chi connectivity index (χ4n) is 3.51. The van der Waals surface area contributed by atoms with Crippen LogP contribution in [0.25, 0.3) is 5.52 Å². The second-order valence-corrected chi connectivity index (χ2v) is 6.86. The molecule has 21 heavy (non-hydrogen) atoms. The quantitative estimate of drug-likeness (QED) is 0.901. The lowest BCUT2D eigenvalue weighted by Gasteiger charge is -2.30. The average Bonchev–Trinajstić information content (AvgIpc) is 3.02. The van der Waals surface area contributed by atoms with Gasteiger partial charge in [0.1, 0.15) is 5.69 Å². The van der Waals surface area contributed by atoms with Crippen molar-refractivity contribution in [2.45, 2.75) is 18.9 Å². The van der Waals surface area contributed by atoms with Crippen molar-refractivity contribution in [3.05, 3.63) is 34.8 Å². The summed E-state index contributed by atoms with van der Waals surface area (Å²) in [6.45, 7) is 3.35. The summed E-state index contributed by atoms with van der Waals surface area (Å²) in [6.07, 6.45) is 5.88. The molecule has 3 atom stereocenters. The Morgan fingerprint density at radius 3 is 3.14 bits per heavy atom. The summed E-state index contributed by atoms with van der Waals surface area (Å²) in [4.78, 5) is 19.1. The van der Waals surface area contributed by atoms with Crippen molar-refractivity contribution in [3.8, 4) is 0 Å². The van der Waals surface area contributed by atoms with Crippen molar-refractivity contribution in [1.82, 2.24) is 19.6 Å². The minimum atomic E-state index is -0.0787. The Morgan fingerprint density at radius 2 is 2.29 bits per heavy atom. The van der Waals surface area contributed by atoms with Gasteiger partial charge in [-0.05, 0) is 53.4 Å². The molecule has 0 radical (unpaired) electrons. The minimum absolute atomic E-state index is 0.0787. The van der Waals surface area contributed by atoms with Crippen LogP contribution in [-0.4, -0.2) is 45.9 Å². The Balaban J connectivity index is 1.52. The highest BCUT2D eigenvalue weighted by Gasteiger charge is 2.33. The molecule has 5 nitrogen and oxygen atoms in total. The van der Waals surface area contributed by atoms with Gasteiger partial charge in [0, 0.05) is 25.3 Å². The molecule has 0 spiro atoms. The Bertz CT molecular complexity index is 686. The Labute approximate surface area is 131 Å². The van der Waals surface area contributed by atoms with Crippen LogP contribution in [-0.2, 0) is 0 Å². The SMILES string of the molecule is O=C(N[C@@H]1CC2CCN(C2)C1)c1cn2c(Br)ccc2cn1. The van der Waals surface area contributed by atoms with Gasteiger partial charge < -0.3 is 14.6 Å². The molecule has 2 fully saturated rings. The zero-order valence-electron chi connectivity index (χ0n) is 11.6. The van der Waals surface area contributed by atoms with Gasteiger partial charge in [-0.2, -0.15) is 0 Å². The van der Waals surface area contributed by atoms with Crippen molar-refractivity contribution in [2.24, 2.45) is 5.92 Å². The minimum Gasteiger partial charge on any atom is -0.347 e. The van der Waals surface area contributed by atoms with Crippen LogP contribution < -0.4 is 5.32 Å². The predicted molar refractivity (Wildman–Crippen MR) is 83.3 cm³/mol. The number of piperidine rings is 1. The van der Waals surface area contributed by atoms with E-state index in [2.05, 4.69) is 31.1 Å². The Kier molecular flexibility index (Phi) is 3.23. The maximum absolute atomic E-state index is 12.4. The molecule has 2 aliphatic rings. The monoisotopic (exact) mass is 348 g/mol. The summed E-state index contributed by atoms with van der Waals surface area (Å²) < 4.78 is 2.85. The van der Waals surface area contributed by atoms with Crippen molar-refractivity contribution >= 4 is 27.4 Å². The van der Waals surface area contributed by atoms with Crippen LogP contribution in [0.3, 0.4) is 0 Å². The van der Waals surface area contributed by atoms with Gasteiger partial charge in [0.2, 0.25) is 0 Å². The maximum Gasteiger partial charge on any atom is 0.271 e. The summed E-state index contributed by atoms with van der Waals surface area (Å²) in [5.74, 6) is 0.670. The summed E-state index contributed by atoms with van der Waals surface area (Å²) >= 11 is 3.47. The van der Waals surface area contributed by atoms with Gasteiger partial charge in [-0.1, -0.05) is 0 Å². The van der Waals surface area contributed by atoms with E-state index in [1.807, 2.05) is 16.5 Å². The van der Waals surface area contributed by atoms with E-state index in [4.69, 9.17) is 0 Å². The van der Waals surface area contributed by atoms with Gasteiger partial charge in [-0.15, -0.1) is 0 Å². The Hall–Kier alpha value is -1.40. The fraction of sp³-hybridized carbons (Fsp3) is 0.467. The molecule has 4 heterocycles. The number of nitrogens with zero attached hydrogens (tertiary/aromatic N) is 3. The van der Waals surface area contributed by atoms with Gasteiger partial charge in [-0.25, -0.2) is 4.98 Å². The largest absolute Gasteiger partial charge is 0.347 e. The topological polar surface area (TPSA) is 49.6 Å². The third-order valence-electron chi connectivity index (χ3n) is 4.52. The van der Waals surface area contributed by atoms with Crippen LogP contribution in [0.1, 0.15) is 23.3 Å². The van der Waals surface area contributed by atoms with E-state index in [0.717, 1.165) is 29.0 Å². The van der Waals surface area contributed by atoms with Crippen LogP contribution >= 0.6 is 15.9 Å². The molecular formula is C15H17BrN4O. The van der Waals surface area contributed by atoms with Gasteiger partial charge in [0.15, 0.2) is 0 Å². The maximum atomic E-state index is 12.4. The van der Waals surface area contributed by atoms with Crippen molar-refractivity contribution in [2.75, 3.05) is 19.6 Å². The number of hydrogen-bond donors (Lipinski definition) is 1. The number of fused-ring (bicyclic) bond motifs is 3. The van der Waals surface area contributed by atoms with E-state index in [1.54, 1.807) is 12.4 Å². The lowest BCUT2D eigenvalue weighted by molar-refractivity contribution is 0.0904. The Morgan fingerprint density at radius 1 is 1.38 bits per heavy atom. The van der Waals surface area contributed by atoms with Crippen LogP contribution in [0.2, 0.25) is 0 Å². The second kappa shape index (κ2) is 5.10. The molecule has 2 bridgehead atoms. The second-order valence-electron chi connectivity index (χ2n) is 6.04. The van der Waals surface area contributed by atoms with E-state index in [9.17, 15) is 4.79 Å². The van der Waals surface area contributed by atoms with Gasteiger partial charge in [0.25, 0.3) is 5.91 Å². The van der Waals surface area contributed by atoms with E-state index >= 15 is 0 Å². The zero-order valence-corrected chi connectivity index (χ0v) is 13.2. The number of halogens is 1. The van der Waals surface area contributed by atoms with E-state index < -0.39 is 0 Å². The number of carbonyl (C=O) groups is 1. The normalized spacial score (nSPS) is 28.0. The highest BCUT2D eigenvalue weighted by Crippen LogP contribution is 2.26. The van der Waals surface area contributed by atoms with Crippen molar-refractivity contribution < 1.29 is 4.79 Å². The molecule has 110 valence electrons. The van der Waals surface area contributed by atoms with E-state index in [0.29, 0.717) is 5.69 Å². The van der Waals surface area contributed by atoms with Crippen molar-refractivity contribution in [1.29, 1.82) is 0 Å². The van der Waals surface area contributed by atoms with Crippen LogP contribution in [0.4, 0.5) is 0 Å². The van der Waals surface area contributed by atoms with Crippen molar-refractivity contribution in [3.63, 3.8) is 0 Å². The standard InChI is InChI=1S/C15H17BrN4O/c16-14-2-1-12-6-17-13(9-20(12)14)15(21)18-11-5-10-3-4-19(7-10)8-11/h1-2,6,9-11H,3-5,7-8H2,(H,18,21)/t10?,11-/m1/s1. The summed E-state index contributed by atoms with van der Waals surface area (Å²) in [6, 6.07) is 4.17. The number of aromatic nitrogens is 2. The van der Waals surface area contributed by atoms with Crippen LogP contribution in [0, 0.1) is 5.92 Å². The number of hydrogen-bond acceptors (Lipinski definition) is 3. The lowest BCUT2D eigenvalue weighted by Crippen LogP contribution is -2.47. The molecule has 1 N–H and O–H groups in total. The first-order valence-corrected chi connectivity index (χ1v) is 8.14. The molecule has 1 amide bonds. The predicted octanol–water partition coefficient (Wildman–Crippen LogP) is 1.92. The first-order chi connectivity index (χ1) is 10.2. The molecular weight excluding hydrogens is 332 g/mol. The van der Waals surface area contributed by atoms with E-state index in [-0.39, 0.29) is 11.9 Å². The molecule has 0 aliphatic carbocycles. The molecule has 0 saturated carbocycles. The van der Waals surface area contributed by atoms with Gasteiger partial charge in [-0.3, -0.25) is 4.79 Å². The lowest BCUT2D eigenvalue weighted by atomic mass is 9.97. The molecule has 2 aromatic heterocycles.